The van der Waals surface area contributed by atoms with Gasteiger partial charge in [-0.05, 0) is 19.1 Å². The molecule has 12 nitrogen and oxygen atoms in total. The molecule has 2 heterocycles. The molecule has 1 fully saturated rings. The van der Waals surface area contributed by atoms with Crippen LogP contribution in [0, 0.1) is 0 Å². The summed E-state index contributed by atoms with van der Waals surface area (Å²) in [5.41, 5.74) is -1.93. The molecule has 0 saturated carbocycles. The van der Waals surface area contributed by atoms with Crippen molar-refractivity contribution in [3.63, 3.8) is 0 Å². The van der Waals surface area contributed by atoms with Crippen LogP contribution in [0.25, 0.3) is 22.3 Å². The average Bonchev–Trinajstić information content (AvgIpc) is 2.80. The van der Waals surface area contributed by atoms with Crippen molar-refractivity contribution >= 4 is 11.0 Å². The summed E-state index contributed by atoms with van der Waals surface area (Å²) in [6, 6.07) is 2.85. The molecule has 0 spiro atoms. The van der Waals surface area contributed by atoms with Gasteiger partial charge in [0.05, 0.1) is 18.8 Å². The predicted octanol–water partition coefficient (Wildman–Crippen LogP) is 0.539. The minimum Gasteiger partial charge on any atom is -0.507 e. The van der Waals surface area contributed by atoms with Crippen LogP contribution in [0.3, 0.4) is 0 Å². The van der Waals surface area contributed by atoms with Gasteiger partial charge in [0.1, 0.15) is 41.3 Å². The van der Waals surface area contributed by atoms with Gasteiger partial charge in [-0.25, -0.2) is 0 Å². The minimum absolute atomic E-state index is 0.192. The van der Waals surface area contributed by atoms with Gasteiger partial charge < -0.3 is 54.7 Å². The number of hydrogen-bond donors (Lipinski definition) is 8. The molecule has 5 unspecified atom stereocenters. The maximum Gasteiger partial charge on any atom is 0.238 e. The van der Waals surface area contributed by atoms with E-state index in [0.717, 1.165) is 18.2 Å². The normalized spacial score (nSPS) is 24.9. The van der Waals surface area contributed by atoms with Crippen molar-refractivity contribution in [2.24, 2.45) is 0 Å². The summed E-state index contributed by atoms with van der Waals surface area (Å²) in [7, 11) is 1.20. The number of aliphatic hydroxyl groups excluding tert-OH is 3. The Labute approximate surface area is 190 Å². The summed E-state index contributed by atoms with van der Waals surface area (Å²) in [6.07, 6.45) is -7.33. The molecular formula is C22H22O12. The molecule has 1 aliphatic rings. The van der Waals surface area contributed by atoms with Gasteiger partial charge in [-0.3, -0.25) is 4.79 Å². The molecule has 12 heteroatoms. The van der Waals surface area contributed by atoms with Gasteiger partial charge in [0.15, 0.2) is 28.6 Å². The minimum atomic E-state index is -1.75. The molecule has 182 valence electrons. The molecule has 1 saturated heterocycles. The zero-order valence-corrected chi connectivity index (χ0v) is 17.8. The number of aliphatic hydroxyl groups is 3. The monoisotopic (exact) mass is 478 g/mol. The fraction of sp³-hybridized carbons (Fsp3) is 0.318. The lowest BCUT2D eigenvalue weighted by atomic mass is 9.90. The Balaban J connectivity index is 2.07. The molecule has 0 bridgehead atoms. The molecular weight excluding hydrogens is 456 g/mol. The van der Waals surface area contributed by atoms with E-state index in [1.807, 2.05) is 0 Å². The highest BCUT2D eigenvalue weighted by Crippen LogP contribution is 2.46. The summed E-state index contributed by atoms with van der Waals surface area (Å²) in [6.45, 7) is 1.42. The third-order valence-electron chi connectivity index (χ3n) is 5.81. The molecule has 34 heavy (non-hydrogen) atoms. The number of benzene rings is 2. The van der Waals surface area contributed by atoms with Crippen molar-refractivity contribution in [2.75, 3.05) is 7.11 Å². The maximum absolute atomic E-state index is 13.1. The van der Waals surface area contributed by atoms with Crippen LogP contribution in [0.5, 0.6) is 34.5 Å². The summed E-state index contributed by atoms with van der Waals surface area (Å²) in [5, 5.41) is 81.0. The zero-order valence-electron chi connectivity index (χ0n) is 17.8. The molecule has 4 rings (SSSR count). The number of aromatic hydroxyl groups is 5. The van der Waals surface area contributed by atoms with Crippen molar-refractivity contribution in [1.29, 1.82) is 0 Å². The Morgan fingerprint density at radius 3 is 2.06 bits per heavy atom. The quantitative estimate of drug-likeness (QED) is 0.242. The Hall–Kier alpha value is -3.71. The van der Waals surface area contributed by atoms with E-state index < -0.39 is 76.0 Å². The number of methoxy groups -OCH3 is 1. The van der Waals surface area contributed by atoms with Crippen LogP contribution in [0.4, 0.5) is 0 Å². The Kier molecular flexibility index (Phi) is 5.69. The van der Waals surface area contributed by atoms with Crippen molar-refractivity contribution in [3.05, 3.63) is 34.0 Å². The van der Waals surface area contributed by atoms with E-state index in [4.69, 9.17) is 13.9 Å². The average molecular weight is 478 g/mol. The van der Waals surface area contributed by atoms with Gasteiger partial charge in [0.2, 0.25) is 11.2 Å². The second-order valence-corrected chi connectivity index (χ2v) is 7.92. The fourth-order valence-corrected chi connectivity index (χ4v) is 3.99. The third-order valence-corrected chi connectivity index (χ3v) is 5.81. The number of hydrogen-bond acceptors (Lipinski definition) is 12. The summed E-state index contributed by atoms with van der Waals surface area (Å²) in [5.74, 6) is -4.64. The van der Waals surface area contributed by atoms with Crippen molar-refractivity contribution in [2.45, 2.75) is 37.4 Å². The standard InChI is InChI=1S/C22H22O12/c1-6-14(26)17(29)19(31)22(33-6)12-8(23)5-11(32-2)13-16(28)18(30)20(34-21(12)13)7-3-9(24)15(27)10(25)4-7/h3-6,14,17,19,22-27,29-31H,1-2H3. The number of ether oxygens (including phenoxy) is 2. The van der Waals surface area contributed by atoms with E-state index in [0.29, 0.717) is 0 Å². The fourth-order valence-electron chi connectivity index (χ4n) is 3.99. The highest BCUT2D eigenvalue weighted by molar-refractivity contribution is 5.92. The number of phenolic OH excluding ortho intramolecular Hbond substituents is 4. The smallest absolute Gasteiger partial charge is 0.238 e. The van der Waals surface area contributed by atoms with Crippen LogP contribution in [-0.4, -0.2) is 72.4 Å². The van der Waals surface area contributed by atoms with Gasteiger partial charge in [0.25, 0.3) is 0 Å². The molecule has 0 aliphatic carbocycles. The highest BCUT2D eigenvalue weighted by atomic mass is 16.5. The van der Waals surface area contributed by atoms with E-state index in [9.17, 15) is 45.6 Å². The Morgan fingerprint density at radius 2 is 1.47 bits per heavy atom. The molecule has 0 radical (unpaired) electrons. The van der Waals surface area contributed by atoms with Crippen LogP contribution < -0.4 is 10.2 Å². The molecule has 2 aromatic carbocycles. The predicted molar refractivity (Wildman–Crippen MR) is 114 cm³/mol. The second kappa shape index (κ2) is 8.25. The van der Waals surface area contributed by atoms with E-state index in [-0.39, 0.29) is 22.3 Å². The first-order valence-electron chi connectivity index (χ1n) is 10.0. The molecule has 1 aliphatic heterocycles. The van der Waals surface area contributed by atoms with E-state index in [2.05, 4.69) is 0 Å². The largest absolute Gasteiger partial charge is 0.507 e. The lowest BCUT2D eigenvalue weighted by molar-refractivity contribution is -0.219. The third kappa shape index (κ3) is 3.44. The highest BCUT2D eigenvalue weighted by Gasteiger charge is 2.45. The summed E-state index contributed by atoms with van der Waals surface area (Å²) >= 11 is 0. The lowest BCUT2D eigenvalue weighted by Crippen LogP contribution is -2.53. The van der Waals surface area contributed by atoms with Crippen LogP contribution in [0.1, 0.15) is 18.6 Å². The van der Waals surface area contributed by atoms with Crippen molar-refractivity contribution in [3.8, 4) is 45.8 Å². The van der Waals surface area contributed by atoms with Crippen molar-refractivity contribution < 1.29 is 54.7 Å². The lowest BCUT2D eigenvalue weighted by Gasteiger charge is -2.39. The molecule has 8 N–H and O–H groups in total. The number of phenols is 4. The zero-order chi connectivity index (χ0) is 25.1. The molecule has 0 amide bonds. The van der Waals surface area contributed by atoms with Crippen LogP contribution in [0.2, 0.25) is 0 Å². The maximum atomic E-state index is 13.1. The first-order chi connectivity index (χ1) is 16.0. The molecule has 5 atom stereocenters. The van der Waals surface area contributed by atoms with E-state index in [1.54, 1.807) is 0 Å². The molecule has 3 aromatic rings. The van der Waals surface area contributed by atoms with Gasteiger partial charge >= 0.3 is 0 Å². The van der Waals surface area contributed by atoms with Gasteiger partial charge in [-0.2, -0.15) is 0 Å². The number of rotatable bonds is 3. The van der Waals surface area contributed by atoms with E-state index in [1.165, 1.54) is 14.0 Å². The van der Waals surface area contributed by atoms with Gasteiger partial charge in [0, 0.05) is 11.6 Å². The van der Waals surface area contributed by atoms with Crippen LogP contribution >= 0.6 is 0 Å². The Morgan fingerprint density at radius 1 is 0.853 bits per heavy atom. The topological polar surface area (TPSA) is 211 Å². The van der Waals surface area contributed by atoms with E-state index >= 15 is 0 Å². The summed E-state index contributed by atoms with van der Waals surface area (Å²) in [4.78, 5) is 13.1. The first kappa shape index (κ1) is 23.4. The van der Waals surface area contributed by atoms with Gasteiger partial charge in [-0.1, -0.05) is 0 Å². The van der Waals surface area contributed by atoms with Gasteiger partial charge in [-0.15, -0.1) is 0 Å². The molecule has 1 aromatic heterocycles. The van der Waals surface area contributed by atoms with Crippen molar-refractivity contribution in [1.82, 2.24) is 0 Å². The Bertz CT molecular complexity index is 1310. The van der Waals surface area contributed by atoms with Crippen LogP contribution in [0.15, 0.2) is 27.4 Å². The second-order valence-electron chi connectivity index (χ2n) is 7.92. The SMILES string of the molecule is COc1cc(O)c(C2OC(C)C(O)C(O)C2O)c2oc(-c3cc(O)c(O)c(O)c3)c(O)c(=O)c12. The number of fused-ring (bicyclic) bond motifs is 1. The van der Waals surface area contributed by atoms with Crippen LogP contribution in [-0.2, 0) is 4.74 Å². The summed E-state index contributed by atoms with van der Waals surface area (Å²) < 4.78 is 16.5. The first-order valence-corrected chi connectivity index (χ1v) is 10.0.